The molecule has 0 N–H and O–H groups in total. The van der Waals surface area contributed by atoms with E-state index in [0.717, 1.165) is 4.90 Å². The van der Waals surface area contributed by atoms with Crippen molar-refractivity contribution in [1.82, 2.24) is 0 Å². The molecule has 1 unspecified atom stereocenters. The number of carbonyl (C=O) groups excluding carboxylic acids is 2. The summed E-state index contributed by atoms with van der Waals surface area (Å²) in [6, 6.07) is 23.0. The lowest BCUT2D eigenvalue weighted by atomic mass is 10.3. The highest BCUT2D eigenvalue weighted by Gasteiger charge is 2.51. The Bertz CT molecular complexity index is 1040. The van der Waals surface area contributed by atoms with Crippen LogP contribution < -0.4 is 15.5 Å². The molecule has 28 heavy (non-hydrogen) atoms. The standard InChI is InChI=1S/C22H17FNO3P/c23-18-13-7-8-14-19(18)24-21(25)15-20(22(24)26)28(27,16-9-3-1-4-10-16)17-11-5-2-6-12-17/h1-14,20H,15H2. The summed E-state index contributed by atoms with van der Waals surface area (Å²) in [4.78, 5) is 26.7. The zero-order valence-electron chi connectivity index (χ0n) is 14.9. The average Bonchev–Trinajstić information content (AvgIpc) is 3.03. The number of anilines is 1. The lowest BCUT2D eigenvalue weighted by molar-refractivity contribution is -0.121. The Morgan fingerprint density at radius 1 is 0.786 bits per heavy atom. The molecule has 3 aromatic carbocycles. The molecular weight excluding hydrogens is 376 g/mol. The molecule has 1 fully saturated rings. The van der Waals surface area contributed by atoms with Crippen LogP contribution in [0.4, 0.5) is 10.1 Å². The third-order valence-corrected chi connectivity index (χ3v) is 8.35. The smallest absolute Gasteiger partial charge is 0.245 e. The van der Waals surface area contributed by atoms with E-state index in [1.165, 1.54) is 18.2 Å². The molecule has 4 rings (SSSR count). The number of halogens is 1. The fourth-order valence-corrected chi connectivity index (χ4v) is 6.68. The molecule has 3 aromatic rings. The second-order valence-electron chi connectivity index (χ2n) is 6.57. The third-order valence-electron chi connectivity index (χ3n) is 4.93. The van der Waals surface area contributed by atoms with Crippen LogP contribution in [0, 0.1) is 5.82 Å². The first-order valence-corrected chi connectivity index (χ1v) is 10.6. The Balaban J connectivity index is 1.85. The van der Waals surface area contributed by atoms with Crippen LogP contribution in [0.3, 0.4) is 0 Å². The van der Waals surface area contributed by atoms with Crippen molar-refractivity contribution >= 4 is 35.3 Å². The van der Waals surface area contributed by atoms with E-state index in [4.69, 9.17) is 0 Å². The summed E-state index contributed by atoms with van der Waals surface area (Å²) in [5, 5.41) is 1.01. The third kappa shape index (κ3) is 2.88. The summed E-state index contributed by atoms with van der Waals surface area (Å²) >= 11 is 0. The van der Waals surface area contributed by atoms with Gasteiger partial charge in [-0.2, -0.15) is 0 Å². The van der Waals surface area contributed by atoms with E-state index in [0.29, 0.717) is 10.6 Å². The van der Waals surface area contributed by atoms with Crippen LogP contribution in [0.2, 0.25) is 0 Å². The van der Waals surface area contributed by atoms with Crippen LogP contribution in [0.15, 0.2) is 84.9 Å². The van der Waals surface area contributed by atoms with Gasteiger partial charge in [0.15, 0.2) is 7.14 Å². The quantitative estimate of drug-likeness (QED) is 0.504. The van der Waals surface area contributed by atoms with E-state index < -0.39 is 30.4 Å². The largest absolute Gasteiger partial charge is 0.313 e. The monoisotopic (exact) mass is 393 g/mol. The van der Waals surface area contributed by atoms with Gasteiger partial charge in [0.2, 0.25) is 11.8 Å². The van der Waals surface area contributed by atoms with Crippen molar-refractivity contribution in [3.05, 3.63) is 90.7 Å². The second-order valence-corrected chi connectivity index (χ2v) is 9.54. The first-order chi connectivity index (χ1) is 13.5. The van der Waals surface area contributed by atoms with Gasteiger partial charge in [0.1, 0.15) is 11.5 Å². The zero-order valence-corrected chi connectivity index (χ0v) is 15.8. The molecule has 0 aliphatic carbocycles. The van der Waals surface area contributed by atoms with Gasteiger partial charge >= 0.3 is 0 Å². The van der Waals surface area contributed by atoms with Crippen molar-refractivity contribution in [1.29, 1.82) is 0 Å². The Kier molecular flexibility index (Phi) is 4.70. The Hall–Kier alpha value is -3.04. The minimum Gasteiger partial charge on any atom is -0.313 e. The number of carbonyl (C=O) groups is 2. The van der Waals surface area contributed by atoms with E-state index in [-0.39, 0.29) is 12.1 Å². The van der Waals surface area contributed by atoms with Gasteiger partial charge in [-0.3, -0.25) is 9.59 Å². The maximum absolute atomic E-state index is 14.3. The molecule has 0 bridgehead atoms. The van der Waals surface area contributed by atoms with Gasteiger partial charge in [-0.25, -0.2) is 9.29 Å². The van der Waals surface area contributed by atoms with Crippen molar-refractivity contribution in [2.75, 3.05) is 4.90 Å². The number of para-hydroxylation sites is 1. The average molecular weight is 393 g/mol. The van der Waals surface area contributed by atoms with E-state index in [2.05, 4.69) is 0 Å². The first-order valence-electron chi connectivity index (χ1n) is 8.86. The molecular formula is C22H17FNO3P. The molecule has 0 radical (unpaired) electrons. The summed E-state index contributed by atoms with van der Waals surface area (Å²) < 4.78 is 28.6. The molecule has 4 nitrogen and oxygen atoms in total. The summed E-state index contributed by atoms with van der Waals surface area (Å²) in [6.07, 6.45) is -0.228. The first kappa shape index (κ1) is 18.3. The van der Waals surface area contributed by atoms with Gasteiger partial charge in [0.05, 0.1) is 5.69 Å². The highest BCUT2D eigenvalue weighted by atomic mass is 31.2. The second kappa shape index (κ2) is 7.17. The predicted octanol–water partition coefficient (Wildman–Crippen LogP) is 3.47. The number of imide groups is 1. The molecule has 1 aliphatic rings. The van der Waals surface area contributed by atoms with E-state index in [9.17, 15) is 18.5 Å². The van der Waals surface area contributed by atoms with Crippen LogP contribution >= 0.6 is 7.14 Å². The predicted molar refractivity (Wildman–Crippen MR) is 107 cm³/mol. The summed E-state index contributed by atoms with van der Waals surface area (Å²) in [5.74, 6) is -1.85. The Morgan fingerprint density at radius 3 is 1.82 bits per heavy atom. The molecule has 1 heterocycles. The van der Waals surface area contributed by atoms with E-state index in [1.807, 2.05) is 0 Å². The van der Waals surface area contributed by atoms with Gasteiger partial charge in [-0.05, 0) is 12.1 Å². The van der Waals surface area contributed by atoms with Crippen LogP contribution in [0.5, 0.6) is 0 Å². The highest BCUT2D eigenvalue weighted by molar-refractivity contribution is 7.80. The highest BCUT2D eigenvalue weighted by Crippen LogP contribution is 2.53. The SMILES string of the molecule is O=C1CC(P(=O)(c2ccccc2)c2ccccc2)C(=O)N1c1ccccc1F. The number of benzene rings is 3. The van der Waals surface area contributed by atoms with Crippen molar-refractivity contribution in [3.63, 3.8) is 0 Å². The maximum Gasteiger partial charge on any atom is 0.245 e. The van der Waals surface area contributed by atoms with Gasteiger partial charge in [-0.1, -0.05) is 72.8 Å². The Labute approximate surface area is 162 Å². The van der Waals surface area contributed by atoms with Crippen molar-refractivity contribution in [2.45, 2.75) is 12.1 Å². The van der Waals surface area contributed by atoms with E-state index in [1.54, 1.807) is 66.7 Å². The molecule has 0 aromatic heterocycles. The van der Waals surface area contributed by atoms with Crippen LogP contribution in [-0.2, 0) is 14.2 Å². The fraction of sp³-hybridized carbons (Fsp3) is 0.0909. The minimum absolute atomic E-state index is 0.104. The fourth-order valence-electron chi connectivity index (χ4n) is 3.59. The molecule has 1 aliphatic heterocycles. The molecule has 0 spiro atoms. The zero-order chi connectivity index (χ0) is 19.7. The molecule has 1 atom stereocenters. The van der Waals surface area contributed by atoms with E-state index >= 15 is 0 Å². The molecule has 0 saturated carbocycles. The molecule has 140 valence electrons. The normalized spacial score (nSPS) is 17.2. The number of amides is 2. The Morgan fingerprint density at radius 2 is 1.29 bits per heavy atom. The van der Waals surface area contributed by atoms with Crippen molar-refractivity contribution in [2.24, 2.45) is 0 Å². The van der Waals surface area contributed by atoms with Crippen molar-refractivity contribution < 1.29 is 18.5 Å². The van der Waals surface area contributed by atoms with Gasteiger partial charge in [-0.15, -0.1) is 0 Å². The molecule has 1 saturated heterocycles. The summed E-state index contributed by atoms with van der Waals surface area (Å²) in [5.41, 5.74) is -1.17. The summed E-state index contributed by atoms with van der Waals surface area (Å²) in [7, 11) is -3.47. The topological polar surface area (TPSA) is 54.5 Å². The molecule has 6 heteroatoms. The lowest BCUT2D eigenvalue weighted by Gasteiger charge is -2.24. The van der Waals surface area contributed by atoms with Crippen LogP contribution in [0.1, 0.15) is 6.42 Å². The molecule has 2 amide bonds. The van der Waals surface area contributed by atoms with Gasteiger partial charge in [0, 0.05) is 17.0 Å². The lowest BCUT2D eigenvalue weighted by Crippen LogP contribution is -2.35. The van der Waals surface area contributed by atoms with Crippen LogP contribution in [0.25, 0.3) is 0 Å². The van der Waals surface area contributed by atoms with Crippen LogP contribution in [-0.4, -0.2) is 17.5 Å². The van der Waals surface area contributed by atoms with Crippen molar-refractivity contribution in [3.8, 4) is 0 Å². The van der Waals surface area contributed by atoms with Gasteiger partial charge < -0.3 is 4.57 Å². The minimum atomic E-state index is -3.47. The number of hydrogen-bond donors (Lipinski definition) is 0. The van der Waals surface area contributed by atoms with Gasteiger partial charge in [0.25, 0.3) is 0 Å². The number of nitrogens with zero attached hydrogens (tertiary/aromatic N) is 1. The maximum atomic E-state index is 14.3. The number of hydrogen-bond acceptors (Lipinski definition) is 3. The summed E-state index contributed by atoms with van der Waals surface area (Å²) in [6.45, 7) is 0. The number of rotatable bonds is 4.